The molecule has 1 aromatic heterocycles. The highest BCUT2D eigenvalue weighted by Crippen LogP contribution is 2.25. The minimum Gasteiger partial charge on any atom is -0.471 e. The molecule has 1 saturated heterocycles. The predicted molar refractivity (Wildman–Crippen MR) is 66.7 cm³/mol. The number of hydrogen-bond acceptors (Lipinski definition) is 6. The Morgan fingerprint density at radius 1 is 1.63 bits per heavy atom. The Hall–Kier alpha value is -2.20. The number of rotatable bonds is 4. The maximum Gasteiger partial charge on any atom is 0.332 e. The molecule has 0 aromatic carbocycles. The molecule has 1 unspecified atom stereocenters. The van der Waals surface area contributed by atoms with Crippen LogP contribution in [0, 0.1) is 21.4 Å². The fraction of sp³-hybridized carbons (Fsp3) is 0.500. The molecule has 0 bridgehead atoms. The predicted octanol–water partition coefficient (Wildman–Crippen LogP) is 1.38. The molecule has 0 aliphatic carbocycles. The molecule has 1 N–H and O–H groups in total. The Kier molecular flexibility index (Phi) is 4.26. The van der Waals surface area contributed by atoms with Gasteiger partial charge in [0.2, 0.25) is 0 Å². The first-order chi connectivity index (χ1) is 9.20. The lowest BCUT2D eigenvalue weighted by molar-refractivity contribution is -0.386. The zero-order chi connectivity index (χ0) is 13.7. The number of nitro groups is 1. The first-order valence-corrected chi connectivity index (χ1v) is 6.11. The van der Waals surface area contributed by atoms with Crippen LogP contribution in [-0.4, -0.2) is 29.1 Å². The van der Waals surface area contributed by atoms with Crippen LogP contribution in [0.1, 0.15) is 24.8 Å². The normalized spacial score (nSPS) is 18.6. The Bertz CT molecular complexity index is 506. The van der Waals surface area contributed by atoms with Gasteiger partial charge in [-0.25, -0.2) is 4.98 Å². The fourth-order valence-corrected chi connectivity index (χ4v) is 1.99. The fourth-order valence-electron chi connectivity index (χ4n) is 1.99. The summed E-state index contributed by atoms with van der Waals surface area (Å²) in [6.45, 7) is 1.29. The van der Waals surface area contributed by atoms with Crippen molar-refractivity contribution in [1.29, 1.82) is 5.26 Å². The van der Waals surface area contributed by atoms with E-state index in [0.717, 1.165) is 25.8 Å². The second-order valence-corrected chi connectivity index (χ2v) is 4.38. The Morgan fingerprint density at radius 2 is 2.47 bits per heavy atom. The number of ether oxygens (including phenoxy) is 1. The van der Waals surface area contributed by atoms with Crippen LogP contribution in [0.3, 0.4) is 0 Å². The van der Waals surface area contributed by atoms with Crippen molar-refractivity contribution in [3.05, 3.63) is 27.9 Å². The van der Waals surface area contributed by atoms with Gasteiger partial charge in [0.05, 0.1) is 10.5 Å². The second kappa shape index (κ2) is 6.11. The number of nitrogens with zero attached hydrogens (tertiary/aromatic N) is 3. The highest BCUT2D eigenvalue weighted by atomic mass is 16.6. The minimum absolute atomic E-state index is 0.0311. The van der Waals surface area contributed by atoms with Gasteiger partial charge in [-0.05, 0) is 19.4 Å². The molecule has 2 heterocycles. The van der Waals surface area contributed by atoms with E-state index in [1.807, 2.05) is 6.07 Å². The summed E-state index contributed by atoms with van der Waals surface area (Å²) in [5, 5.41) is 22.9. The summed E-state index contributed by atoms with van der Waals surface area (Å²) in [5.74, 6) is -0.0311. The quantitative estimate of drug-likeness (QED) is 0.649. The lowest BCUT2D eigenvalue weighted by Crippen LogP contribution is -2.38. The van der Waals surface area contributed by atoms with E-state index in [1.165, 1.54) is 12.3 Å². The third-order valence-corrected chi connectivity index (χ3v) is 2.99. The monoisotopic (exact) mass is 262 g/mol. The molecule has 19 heavy (non-hydrogen) atoms. The third kappa shape index (κ3) is 3.39. The molecule has 1 aliphatic heterocycles. The lowest BCUT2D eigenvalue weighted by atomic mass is 10.1. The van der Waals surface area contributed by atoms with Crippen LogP contribution in [0.4, 0.5) is 5.69 Å². The maximum absolute atomic E-state index is 10.9. The topological polar surface area (TPSA) is 101 Å². The first-order valence-electron chi connectivity index (χ1n) is 6.11. The van der Waals surface area contributed by atoms with Gasteiger partial charge in [0.25, 0.3) is 5.88 Å². The van der Waals surface area contributed by atoms with Crippen LogP contribution in [-0.2, 0) is 0 Å². The Balaban J connectivity index is 2.06. The molecule has 0 amide bonds. The zero-order valence-corrected chi connectivity index (χ0v) is 10.3. The summed E-state index contributed by atoms with van der Waals surface area (Å²) in [6.07, 6.45) is 4.54. The second-order valence-electron chi connectivity index (χ2n) is 4.38. The van der Waals surface area contributed by atoms with Crippen molar-refractivity contribution < 1.29 is 9.66 Å². The van der Waals surface area contributed by atoms with Gasteiger partial charge in [0.1, 0.15) is 12.7 Å². The summed E-state index contributed by atoms with van der Waals surface area (Å²) >= 11 is 0. The molecular formula is C12H14N4O3. The molecule has 100 valence electrons. The van der Waals surface area contributed by atoms with Gasteiger partial charge in [-0.1, -0.05) is 6.42 Å². The molecule has 7 nitrogen and oxygen atoms in total. The van der Waals surface area contributed by atoms with Gasteiger partial charge in [-0.15, -0.1) is 0 Å². The first kappa shape index (κ1) is 13.2. The smallest absolute Gasteiger partial charge is 0.332 e. The van der Waals surface area contributed by atoms with Gasteiger partial charge in [-0.3, -0.25) is 10.1 Å². The molecular weight excluding hydrogens is 248 g/mol. The summed E-state index contributed by atoms with van der Waals surface area (Å²) in [4.78, 5) is 14.2. The molecule has 1 aliphatic rings. The SMILES string of the molecule is N#Cc1cnc(OCC2CCCCN2)c([N+](=O)[O-])c1. The van der Waals surface area contributed by atoms with Crippen LogP contribution in [0.15, 0.2) is 12.3 Å². The van der Waals surface area contributed by atoms with Crippen LogP contribution >= 0.6 is 0 Å². The van der Waals surface area contributed by atoms with Gasteiger partial charge in [0, 0.05) is 18.3 Å². The van der Waals surface area contributed by atoms with E-state index in [1.54, 1.807) is 0 Å². The molecule has 1 aromatic rings. The van der Waals surface area contributed by atoms with Crippen LogP contribution in [0.25, 0.3) is 0 Å². The summed E-state index contributed by atoms with van der Waals surface area (Å²) in [6, 6.07) is 3.20. The highest BCUT2D eigenvalue weighted by Gasteiger charge is 2.20. The van der Waals surface area contributed by atoms with E-state index in [2.05, 4.69) is 10.3 Å². The van der Waals surface area contributed by atoms with Crippen molar-refractivity contribution in [2.75, 3.05) is 13.2 Å². The van der Waals surface area contributed by atoms with Crippen molar-refractivity contribution in [3.63, 3.8) is 0 Å². The van der Waals surface area contributed by atoms with Crippen LogP contribution in [0.2, 0.25) is 0 Å². The standard InChI is InChI=1S/C12H14N4O3/c13-6-9-5-11(16(17)18)12(15-7-9)19-8-10-3-1-2-4-14-10/h5,7,10,14H,1-4,8H2. The van der Waals surface area contributed by atoms with Crippen LogP contribution < -0.4 is 10.1 Å². The van der Waals surface area contributed by atoms with Crippen molar-refractivity contribution >= 4 is 5.69 Å². The molecule has 0 saturated carbocycles. The molecule has 2 rings (SSSR count). The lowest BCUT2D eigenvalue weighted by Gasteiger charge is -2.23. The van der Waals surface area contributed by atoms with Gasteiger partial charge >= 0.3 is 5.69 Å². The third-order valence-electron chi connectivity index (χ3n) is 2.99. The number of pyridine rings is 1. The van der Waals surface area contributed by atoms with Crippen molar-refractivity contribution in [2.45, 2.75) is 25.3 Å². The summed E-state index contributed by atoms with van der Waals surface area (Å²) < 4.78 is 5.41. The van der Waals surface area contributed by atoms with E-state index in [-0.39, 0.29) is 23.2 Å². The van der Waals surface area contributed by atoms with Gasteiger partial charge < -0.3 is 10.1 Å². The Labute approximate surface area is 110 Å². The summed E-state index contributed by atoms with van der Waals surface area (Å²) in [5.41, 5.74) is -0.121. The minimum atomic E-state index is -0.586. The average Bonchev–Trinajstić information content (AvgIpc) is 2.46. The number of aromatic nitrogens is 1. The number of piperidine rings is 1. The van der Waals surface area contributed by atoms with E-state index in [0.29, 0.717) is 6.61 Å². The molecule has 7 heteroatoms. The van der Waals surface area contributed by atoms with E-state index >= 15 is 0 Å². The number of hydrogen-bond donors (Lipinski definition) is 1. The van der Waals surface area contributed by atoms with Crippen molar-refractivity contribution in [2.24, 2.45) is 0 Å². The van der Waals surface area contributed by atoms with E-state index in [4.69, 9.17) is 10.00 Å². The Morgan fingerprint density at radius 3 is 3.11 bits per heavy atom. The number of nitrogens with one attached hydrogen (secondary N) is 1. The molecule has 1 atom stereocenters. The zero-order valence-electron chi connectivity index (χ0n) is 10.3. The van der Waals surface area contributed by atoms with E-state index in [9.17, 15) is 10.1 Å². The molecule has 0 spiro atoms. The average molecular weight is 262 g/mol. The summed E-state index contributed by atoms with van der Waals surface area (Å²) in [7, 11) is 0. The molecule has 0 radical (unpaired) electrons. The van der Waals surface area contributed by atoms with Crippen molar-refractivity contribution in [3.8, 4) is 11.9 Å². The van der Waals surface area contributed by atoms with Crippen LogP contribution in [0.5, 0.6) is 5.88 Å². The van der Waals surface area contributed by atoms with Gasteiger partial charge in [-0.2, -0.15) is 5.26 Å². The maximum atomic E-state index is 10.9. The van der Waals surface area contributed by atoms with Gasteiger partial charge in [0.15, 0.2) is 0 Å². The van der Waals surface area contributed by atoms with E-state index < -0.39 is 4.92 Å². The number of nitriles is 1. The highest BCUT2D eigenvalue weighted by molar-refractivity contribution is 5.46. The molecule has 1 fully saturated rings. The van der Waals surface area contributed by atoms with Crippen molar-refractivity contribution in [1.82, 2.24) is 10.3 Å². The largest absolute Gasteiger partial charge is 0.471 e.